The fourth-order valence-corrected chi connectivity index (χ4v) is 2.08. The highest BCUT2D eigenvalue weighted by Gasteiger charge is 2.23. The second-order valence-corrected chi connectivity index (χ2v) is 6.02. The second-order valence-electron chi connectivity index (χ2n) is 6.02. The SMILES string of the molecule is CN1C(=O)COc2ccc(CC(=O)NC(C)(C)C)cc21. The van der Waals surface area contributed by atoms with Gasteiger partial charge in [0.2, 0.25) is 5.91 Å². The molecule has 1 aliphatic rings. The minimum absolute atomic E-state index is 0.0387. The summed E-state index contributed by atoms with van der Waals surface area (Å²) in [6.45, 7) is 5.89. The van der Waals surface area contributed by atoms with Crippen LogP contribution in [-0.2, 0) is 16.0 Å². The van der Waals surface area contributed by atoms with E-state index in [9.17, 15) is 9.59 Å². The minimum atomic E-state index is -0.249. The van der Waals surface area contributed by atoms with Crippen molar-refractivity contribution in [2.45, 2.75) is 32.7 Å². The van der Waals surface area contributed by atoms with E-state index >= 15 is 0 Å². The van der Waals surface area contributed by atoms with E-state index in [0.717, 1.165) is 5.56 Å². The van der Waals surface area contributed by atoms with Crippen LogP contribution >= 0.6 is 0 Å². The van der Waals surface area contributed by atoms with Gasteiger partial charge in [-0.2, -0.15) is 0 Å². The van der Waals surface area contributed by atoms with Gasteiger partial charge in [0, 0.05) is 12.6 Å². The summed E-state index contributed by atoms with van der Waals surface area (Å²) in [5, 5.41) is 2.92. The Labute approximate surface area is 118 Å². The first kappa shape index (κ1) is 14.4. The van der Waals surface area contributed by atoms with Gasteiger partial charge in [-0.15, -0.1) is 0 Å². The third-order valence-electron chi connectivity index (χ3n) is 2.99. The molecular weight excluding hydrogens is 256 g/mol. The summed E-state index contributed by atoms with van der Waals surface area (Å²) < 4.78 is 5.35. The number of fused-ring (bicyclic) bond motifs is 1. The van der Waals surface area contributed by atoms with Gasteiger partial charge in [-0.25, -0.2) is 0 Å². The smallest absolute Gasteiger partial charge is 0.264 e. The Morgan fingerprint density at radius 2 is 2.10 bits per heavy atom. The highest BCUT2D eigenvalue weighted by atomic mass is 16.5. The van der Waals surface area contributed by atoms with Crippen LogP contribution in [0.4, 0.5) is 5.69 Å². The van der Waals surface area contributed by atoms with E-state index in [1.54, 1.807) is 18.0 Å². The number of hydrogen-bond donors (Lipinski definition) is 1. The van der Waals surface area contributed by atoms with Crippen LogP contribution in [0.3, 0.4) is 0 Å². The number of hydrogen-bond acceptors (Lipinski definition) is 3. The molecule has 0 atom stereocenters. The van der Waals surface area contributed by atoms with E-state index in [4.69, 9.17) is 4.74 Å². The van der Waals surface area contributed by atoms with E-state index in [0.29, 0.717) is 11.4 Å². The Morgan fingerprint density at radius 1 is 1.40 bits per heavy atom. The maximum absolute atomic E-state index is 11.9. The number of nitrogens with zero attached hydrogens (tertiary/aromatic N) is 1. The highest BCUT2D eigenvalue weighted by Crippen LogP contribution is 2.32. The molecule has 0 fully saturated rings. The van der Waals surface area contributed by atoms with Crippen LogP contribution in [0.2, 0.25) is 0 Å². The van der Waals surface area contributed by atoms with Gasteiger partial charge in [0.1, 0.15) is 5.75 Å². The first-order valence-corrected chi connectivity index (χ1v) is 6.59. The van der Waals surface area contributed by atoms with E-state index in [1.165, 1.54) is 0 Å². The Balaban J connectivity index is 2.15. The number of rotatable bonds is 2. The lowest BCUT2D eigenvalue weighted by atomic mass is 10.1. The Hall–Kier alpha value is -2.04. The zero-order valence-electron chi connectivity index (χ0n) is 12.3. The molecule has 0 saturated carbocycles. The standard InChI is InChI=1S/C15H20N2O3/c1-15(2,3)16-13(18)8-10-5-6-12-11(7-10)17(4)14(19)9-20-12/h5-7H,8-9H2,1-4H3,(H,16,18). The van der Waals surface area contributed by atoms with Gasteiger partial charge in [-0.1, -0.05) is 6.07 Å². The Kier molecular flexibility index (Phi) is 3.70. The van der Waals surface area contributed by atoms with E-state index in [-0.39, 0.29) is 30.4 Å². The van der Waals surface area contributed by atoms with Crippen LogP contribution in [0.25, 0.3) is 0 Å². The van der Waals surface area contributed by atoms with Crippen LogP contribution in [0, 0.1) is 0 Å². The van der Waals surface area contributed by atoms with Crippen LogP contribution in [0.5, 0.6) is 5.75 Å². The van der Waals surface area contributed by atoms with Crippen LogP contribution in [0.1, 0.15) is 26.3 Å². The number of likely N-dealkylation sites (N-methyl/N-ethyl adjacent to an activating group) is 1. The lowest BCUT2D eigenvalue weighted by molar-refractivity contribution is -0.122. The summed E-state index contributed by atoms with van der Waals surface area (Å²) in [5.41, 5.74) is 1.32. The predicted octanol–water partition coefficient (Wildman–Crippen LogP) is 1.50. The third kappa shape index (κ3) is 3.29. The van der Waals surface area contributed by atoms with Crippen molar-refractivity contribution in [2.75, 3.05) is 18.6 Å². The zero-order chi connectivity index (χ0) is 14.9. The molecule has 1 N–H and O–H groups in total. The van der Waals surface area contributed by atoms with Gasteiger partial charge in [0.05, 0.1) is 12.1 Å². The molecule has 2 rings (SSSR count). The molecule has 5 nitrogen and oxygen atoms in total. The van der Waals surface area contributed by atoms with E-state index in [1.807, 2.05) is 32.9 Å². The number of ether oxygens (including phenoxy) is 1. The van der Waals surface area contributed by atoms with Gasteiger partial charge in [-0.3, -0.25) is 9.59 Å². The van der Waals surface area contributed by atoms with Crippen molar-refractivity contribution in [1.82, 2.24) is 5.32 Å². The molecule has 0 aromatic heterocycles. The van der Waals surface area contributed by atoms with Crippen molar-refractivity contribution in [3.8, 4) is 5.75 Å². The third-order valence-corrected chi connectivity index (χ3v) is 2.99. The molecule has 0 unspecified atom stereocenters. The monoisotopic (exact) mass is 276 g/mol. The second kappa shape index (κ2) is 5.15. The number of amides is 2. The largest absolute Gasteiger partial charge is 0.482 e. The Bertz CT molecular complexity index is 547. The van der Waals surface area contributed by atoms with Crippen molar-refractivity contribution in [2.24, 2.45) is 0 Å². The predicted molar refractivity (Wildman–Crippen MR) is 76.9 cm³/mol. The summed E-state index contributed by atoms with van der Waals surface area (Å²) in [6.07, 6.45) is 0.284. The first-order chi connectivity index (χ1) is 9.26. The van der Waals surface area contributed by atoms with E-state index < -0.39 is 0 Å². The molecule has 1 aromatic rings. The normalized spacial score (nSPS) is 14.6. The molecular formula is C15H20N2O3. The van der Waals surface area contributed by atoms with Crippen LogP contribution < -0.4 is 15.0 Å². The van der Waals surface area contributed by atoms with Gasteiger partial charge < -0.3 is 15.0 Å². The fourth-order valence-electron chi connectivity index (χ4n) is 2.08. The lowest BCUT2D eigenvalue weighted by Crippen LogP contribution is -2.41. The highest BCUT2D eigenvalue weighted by molar-refractivity contribution is 5.97. The number of nitrogens with one attached hydrogen (secondary N) is 1. The van der Waals surface area contributed by atoms with Crippen molar-refractivity contribution in [1.29, 1.82) is 0 Å². The average Bonchev–Trinajstić information content (AvgIpc) is 2.32. The molecule has 108 valence electrons. The summed E-state index contributed by atoms with van der Waals surface area (Å²) in [6, 6.07) is 5.48. The molecule has 20 heavy (non-hydrogen) atoms. The molecule has 0 radical (unpaired) electrons. The summed E-state index contributed by atoms with van der Waals surface area (Å²) in [5.74, 6) is 0.545. The fraction of sp³-hybridized carbons (Fsp3) is 0.467. The molecule has 0 saturated heterocycles. The summed E-state index contributed by atoms with van der Waals surface area (Å²) in [7, 11) is 1.71. The summed E-state index contributed by atoms with van der Waals surface area (Å²) >= 11 is 0. The Morgan fingerprint density at radius 3 is 2.75 bits per heavy atom. The number of benzene rings is 1. The molecule has 1 aliphatic heterocycles. The minimum Gasteiger partial charge on any atom is -0.482 e. The van der Waals surface area contributed by atoms with Gasteiger partial charge >= 0.3 is 0 Å². The summed E-state index contributed by atoms with van der Waals surface area (Å²) in [4.78, 5) is 25.1. The van der Waals surface area contributed by atoms with Crippen molar-refractivity contribution in [3.05, 3.63) is 23.8 Å². The maximum atomic E-state index is 11.9. The van der Waals surface area contributed by atoms with Gasteiger partial charge in [-0.05, 0) is 38.5 Å². The first-order valence-electron chi connectivity index (χ1n) is 6.59. The maximum Gasteiger partial charge on any atom is 0.264 e. The van der Waals surface area contributed by atoms with Crippen molar-refractivity contribution in [3.63, 3.8) is 0 Å². The molecule has 1 aromatic carbocycles. The molecule has 2 amide bonds. The lowest BCUT2D eigenvalue weighted by Gasteiger charge is -2.26. The quantitative estimate of drug-likeness (QED) is 0.890. The average molecular weight is 276 g/mol. The number of carbonyl (C=O) groups is 2. The topological polar surface area (TPSA) is 58.6 Å². The van der Waals surface area contributed by atoms with Crippen molar-refractivity contribution >= 4 is 17.5 Å². The van der Waals surface area contributed by atoms with Crippen LogP contribution in [-0.4, -0.2) is 31.0 Å². The molecule has 0 aliphatic carbocycles. The van der Waals surface area contributed by atoms with E-state index in [2.05, 4.69) is 5.32 Å². The van der Waals surface area contributed by atoms with Gasteiger partial charge in [0.25, 0.3) is 5.91 Å². The molecule has 5 heteroatoms. The van der Waals surface area contributed by atoms with Crippen molar-refractivity contribution < 1.29 is 14.3 Å². The molecule has 0 spiro atoms. The van der Waals surface area contributed by atoms with Gasteiger partial charge in [0.15, 0.2) is 6.61 Å². The zero-order valence-corrected chi connectivity index (χ0v) is 12.3. The van der Waals surface area contributed by atoms with Crippen LogP contribution in [0.15, 0.2) is 18.2 Å². The number of anilines is 1. The molecule has 1 heterocycles. The molecule has 0 bridgehead atoms. The number of carbonyl (C=O) groups excluding carboxylic acids is 2.